The van der Waals surface area contributed by atoms with Gasteiger partial charge in [0.2, 0.25) is 5.91 Å². The summed E-state index contributed by atoms with van der Waals surface area (Å²) in [6.45, 7) is 0.639. The Morgan fingerprint density at radius 1 is 1.52 bits per heavy atom. The van der Waals surface area contributed by atoms with Crippen molar-refractivity contribution < 1.29 is 19.5 Å². The molecule has 0 bridgehead atoms. The summed E-state index contributed by atoms with van der Waals surface area (Å²) in [4.78, 5) is 37.9. The molecule has 0 radical (unpaired) electrons. The van der Waals surface area contributed by atoms with Crippen LogP contribution in [0.4, 0.5) is 0 Å². The van der Waals surface area contributed by atoms with Gasteiger partial charge in [-0.2, -0.15) is 8.75 Å². The number of hydrogen-bond acceptors (Lipinski definition) is 6. The highest BCUT2D eigenvalue weighted by atomic mass is 32.1. The quantitative estimate of drug-likeness (QED) is 0.835. The van der Waals surface area contributed by atoms with Crippen molar-refractivity contribution in [1.29, 1.82) is 0 Å². The monoisotopic (exact) mass is 312 g/mol. The molecule has 114 valence electrons. The zero-order valence-electron chi connectivity index (χ0n) is 11.6. The van der Waals surface area contributed by atoms with Crippen molar-refractivity contribution in [2.45, 2.75) is 12.8 Å². The van der Waals surface area contributed by atoms with E-state index in [9.17, 15) is 14.4 Å². The van der Waals surface area contributed by atoms with Gasteiger partial charge in [0.1, 0.15) is 0 Å². The Hall–Kier alpha value is -2.03. The molecule has 1 fully saturated rings. The fourth-order valence-corrected chi connectivity index (χ4v) is 2.64. The molecule has 1 aliphatic rings. The first-order valence-corrected chi connectivity index (χ1v) is 7.25. The molecule has 2 amide bonds. The van der Waals surface area contributed by atoms with Crippen LogP contribution in [0.3, 0.4) is 0 Å². The van der Waals surface area contributed by atoms with Gasteiger partial charge in [-0.1, -0.05) is 0 Å². The van der Waals surface area contributed by atoms with E-state index in [1.165, 1.54) is 23.0 Å². The van der Waals surface area contributed by atoms with Crippen molar-refractivity contribution in [3.63, 3.8) is 0 Å². The molecule has 1 atom stereocenters. The van der Waals surface area contributed by atoms with E-state index in [0.717, 1.165) is 11.7 Å². The number of carboxylic acid groups (broad SMARTS) is 1. The van der Waals surface area contributed by atoms with Crippen molar-refractivity contribution in [1.82, 2.24) is 18.5 Å². The van der Waals surface area contributed by atoms with Crippen LogP contribution in [-0.4, -0.2) is 68.1 Å². The van der Waals surface area contributed by atoms with Crippen molar-refractivity contribution in [3.05, 3.63) is 11.9 Å². The number of aliphatic carboxylic acids is 1. The third-order valence-electron chi connectivity index (χ3n) is 3.42. The van der Waals surface area contributed by atoms with Gasteiger partial charge >= 0.3 is 5.97 Å². The predicted octanol–water partition coefficient (Wildman–Crippen LogP) is -0.0667. The Morgan fingerprint density at radius 2 is 2.29 bits per heavy atom. The molecule has 1 unspecified atom stereocenters. The summed E-state index contributed by atoms with van der Waals surface area (Å²) in [5.41, 5.74) is 0.206. The molecule has 0 spiro atoms. The number of carbonyl (C=O) groups is 3. The van der Waals surface area contributed by atoms with Gasteiger partial charge in [0.15, 0.2) is 5.69 Å². The van der Waals surface area contributed by atoms with Crippen LogP contribution >= 0.6 is 11.7 Å². The number of carboxylic acids is 1. The van der Waals surface area contributed by atoms with E-state index in [-0.39, 0.29) is 30.6 Å². The summed E-state index contributed by atoms with van der Waals surface area (Å²) < 4.78 is 7.58. The third kappa shape index (κ3) is 3.75. The second-order valence-electron chi connectivity index (χ2n) is 4.97. The molecule has 0 aliphatic carbocycles. The lowest BCUT2D eigenvalue weighted by atomic mass is 9.98. The van der Waals surface area contributed by atoms with Crippen molar-refractivity contribution >= 4 is 29.5 Å². The maximum Gasteiger partial charge on any atom is 0.308 e. The summed E-state index contributed by atoms with van der Waals surface area (Å²) in [6, 6.07) is 0. The normalized spacial score (nSPS) is 18.3. The Morgan fingerprint density at radius 3 is 2.90 bits per heavy atom. The Balaban J connectivity index is 1.91. The molecule has 9 heteroatoms. The van der Waals surface area contributed by atoms with Gasteiger partial charge in [0, 0.05) is 20.1 Å². The van der Waals surface area contributed by atoms with E-state index in [1.54, 1.807) is 0 Å². The molecule has 1 aromatic heterocycles. The lowest BCUT2D eigenvalue weighted by molar-refractivity contribution is -0.145. The van der Waals surface area contributed by atoms with Crippen LogP contribution in [0.15, 0.2) is 6.20 Å². The van der Waals surface area contributed by atoms with E-state index >= 15 is 0 Å². The fraction of sp³-hybridized carbons (Fsp3) is 0.583. The molecule has 1 aromatic rings. The van der Waals surface area contributed by atoms with Crippen molar-refractivity contribution in [2.24, 2.45) is 5.92 Å². The number of aromatic nitrogens is 2. The van der Waals surface area contributed by atoms with Crippen LogP contribution in [0, 0.1) is 5.92 Å². The van der Waals surface area contributed by atoms with Crippen LogP contribution in [0.1, 0.15) is 23.3 Å². The molecule has 2 heterocycles. The summed E-state index contributed by atoms with van der Waals surface area (Å²) >= 11 is 0.928. The molecule has 0 aromatic carbocycles. The molecule has 8 nitrogen and oxygen atoms in total. The Bertz CT molecular complexity index is 533. The molecule has 21 heavy (non-hydrogen) atoms. The van der Waals surface area contributed by atoms with Crippen molar-refractivity contribution in [2.75, 3.05) is 26.7 Å². The number of hydrogen-bond donors (Lipinski definition) is 1. The summed E-state index contributed by atoms with van der Waals surface area (Å²) in [5.74, 6) is -2.03. The van der Waals surface area contributed by atoms with Crippen LogP contribution in [0.25, 0.3) is 0 Å². The molecule has 1 aliphatic heterocycles. The maximum atomic E-state index is 12.2. The van der Waals surface area contributed by atoms with Gasteiger partial charge in [-0.3, -0.25) is 14.4 Å². The van der Waals surface area contributed by atoms with E-state index < -0.39 is 11.9 Å². The number of rotatable bonds is 4. The van der Waals surface area contributed by atoms with Gasteiger partial charge in [-0.05, 0) is 12.8 Å². The van der Waals surface area contributed by atoms with Gasteiger partial charge in [0.05, 0.1) is 30.4 Å². The SMILES string of the molecule is CN(CC(=O)N1CCCC(C(=O)O)C1)C(=O)c1cnsn1. The highest BCUT2D eigenvalue weighted by molar-refractivity contribution is 6.99. The lowest BCUT2D eigenvalue weighted by Gasteiger charge is -2.31. The first-order chi connectivity index (χ1) is 9.99. The summed E-state index contributed by atoms with van der Waals surface area (Å²) in [6.07, 6.45) is 2.60. The van der Waals surface area contributed by atoms with E-state index in [4.69, 9.17) is 5.11 Å². The average molecular weight is 312 g/mol. The maximum absolute atomic E-state index is 12.2. The third-order valence-corrected chi connectivity index (χ3v) is 3.90. The minimum atomic E-state index is -0.884. The molecular formula is C12H16N4O4S. The Kier molecular flexibility index (Phi) is 4.84. The topological polar surface area (TPSA) is 104 Å². The molecule has 0 saturated carbocycles. The number of likely N-dealkylation sites (tertiary alicyclic amines) is 1. The smallest absolute Gasteiger partial charge is 0.308 e. The molecular weight excluding hydrogens is 296 g/mol. The number of piperidine rings is 1. The fourth-order valence-electron chi connectivity index (χ4n) is 2.23. The number of amides is 2. The van der Waals surface area contributed by atoms with Crippen molar-refractivity contribution in [3.8, 4) is 0 Å². The van der Waals surface area contributed by atoms with Crippen LogP contribution in [0.2, 0.25) is 0 Å². The molecule has 1 N–H and O–H groups in total. The second kappa shape index (κ2) is 6.61. The van der Waals surface area contributed by atoms with Crippen LogP contribution in [-0.2, 0) is 9.59 Å². The van der Waals surface area contributed by atoms with E-state index in [0.29, 0.717) is 19.4 Å². The van der Waals surface area contributed by atoms with Crippen LogP contribution < -0.4 is 0 Å². The number of nitrogens with zero attached hydrogens (tertiary/aromatic N) is 4. The lowest BCUT2D eigenvalue weighted by Crippen LogP contribution is -2.46. The number of likely N-dealkylation sites (N-methyl/N-ethyl adjacent to an activating group) is 1. The van der Waals surface area contributed by atoms with Gasteiger partial charge in [-0.15, -0.1) is 0 Å². The first-order valence-electron chi connectivity index (χ1n) is 6.52. The highest BCUT2D eigenvalue weighted by Crippen LogP contribution is 2.17. The summed E-state index contributed by atoms with van der Waals surface area (Å²) in [5, 5.41) is 9.02. The largest absolute Gasteiger partial charge is 0.481 e. The van der Waals surface area contributed by atoms with Crippen LogP contribution in [0.5, 0.6) is 0 Å². The molecule has 1 saturated heterocycles. The Labute approximate surface area is 125 Å². The first kappa shape index (κ1) is 15.4. The minimum Gasteiger partial charge on any atom is -0.481 e. The minimum absolute atomic E-state index is 0.0945. The molecule has 2 rings (SSSR count). The zero-order valence-corrected chi connectivity index (χ0v) is 12.4. The number of carbonyl (C=O) groups excluding carboxylic acids is 2. The predicted molar refractivity (Wildman–Crippen MR) is 73.8 cm³/mol. The standard InChI is InChI=1S/C12H16N4O4S/c1-15(11(18)9-5-13-21-14-9)7-10(17)16-4-2-3-8(6-16)12(19)20/h5,8H,2-4,6-7H2,1H3,(H,19,20). The zero-order chi connectivity index (χ0) is 15.4. The van der Waals surface area contributed by atoms with Gasteiger partial charge in [0.25, 0.3) is 5.91 Å². The average Bonchev–Trinajstić information content (AvgIpc) is 3.00. The second-order valence-corrected chi connectivity index (χ2v) is 5.53. The van der Waals surface area contributed by atoms with E-state index in [2.05, 4.69) is 8.75 Å². The summed E-state index contributed by atoms with van der Waals surface area (Å²) in [7, 11) is 1.51. The van der Waals surface area contributed by atoms with Gasteiger partial charge < -0.3 is 14.9 Å². The highest BCUT2D eigenvalue weighted by Gasteiger charge is 2.29. The van der Waals surface area contributed by atoms with Gasteiger partial charge in [-0.25, -0.2) is 0 Å². The van der Waals surface area contributed by atoms with E-state index in [1.807, 2.05) is 0 Å².